The predicted octanol–water partition coefficient (Wildman–Crippen LogP) is 13.2. The molecule has 0 radical (unpaired) electrons. The molecule has 6 heteroatoms. The first-order valence-electron chi connectivity index (χ1n) is 23.3. The van der Waals surface area contributed by atoms with Crippen molar-refractivity contribution in [1.82, 2.24) is 16.0 Å². The van der Waals surface area contributed by atoms with Gasteiger partial charge in [-0.3, -0.25) is 14.4 Å². The summed E-state index contributed by atoms with van der Waals surface area (Å²) in [6.45, 7) is 8.06. The van der Waals surface area contributed by atoms with Gasteiger partial charge in [0.15, 0.2) is 0 Å². The molecule has 0 bridgehead atoms. The van der Waals surface area contributed by atoms with Crippen LogP contribution in [0.5, 0.6) is 0 Å². The van der Waals surface area contributed by atoms with Crippen molar-refractivity contribution in [3.05, 3.63) is 0 Å². The van der Waals surface area contributed by atoms with Crippen LogP contribution in [0.25, 0.3) is 0 Å². The molecule has 0 heterocycles. The zero-order chi connectivity index (χ0) is 38.0. The summed E-state index contributed by atoms with van der Waals surface area (Å²) in [5.74, 6) is 0.483. The number of amides is 3. The second-order valence-electron chi connectivity index (χ2n) is 16.2. The van der Waals surface area contributed by atoms with E-state index >= 15 is 0 Å². The van der Waals surface area contributed by atoms with Gasteiger partial charge in [0.25, 0.3) is 0 Å². The van der Waals surface area contributed by atoms with Crippen LogP contribution in [0.15, 0.2) is 0 Å². The summed E-state index contributed by atoms with van der Waals surface area (Å²) in [6, 6.07) is 0.190. The van der Waals surface area contributed by atoms with E-state index in [1.165, 1.54) is 154 Å². The molecule has 0 spiro atoms. The topological polar surface area (TPSA) is 87.3 Å². The van der Waals surface area contributed by atoms with Crippen LogP contribution >= 0.6 is 0 Å². The lowest BCUT2D eigenvalue weighted by atomic mass is 10.0. The Morgan fingerprint density at radius 1 is 0.346 bits per heavy atom. The van der Waals surface area contributed by atoms with Crippen LogP contribution < -0.4 is 16.0 Å². The Morgan fingerprint density at radius 3 is 0.962 bits per heavy atom. The minimum atomic E-state index is 0.122. The number of nitrogens with one attached hydrogen (secondary N) is 3. The van der Waals surface area contributed by atoms with Gasteiger partial charge in [-0.25, -0.2) is 0 Å². The first-order chi connectivity index (χ1) is 25.5. The van der Waals surface area contributed by atoms with Crippen LogP contribution in [0.3, 0.4) is 0 Å². The molecule has 6 nitrogen and oxygen atoms in total. The number of carbonyl (C=O) groups is 3. The standard InChI is InChI=1S/C46H91N3O3/c1-4-6-8-10-12-14-16-18-19-21-22-24-26-28-31-38-44(50)47-41-35-30-33-39-45(51)48-42-36-34-37-43(3)49-46(52)40-32-29-27-25-23-20-17-15-13-11-9-7-5-2/h43H,4-42H2,1-3H3,(H,47,50)(H,48,51)(H,49,52)/t43-/m1/s1. The Kier molecular flexibility index (Phi) is 40.9. The smallest absolute Gasteiger partial charge is 0.220 e. The third-order valence-electron chi connectivity index (χ3n) is 10.7. The summed E-state index contributed by atoms with van der Waals surface area (Å²) >= 11 is 0. The Hall–Kier alpha value is -1.59. The number of rotatable bonds is 42. The zero-order valence-electron chi connectivity index (χ0n) is 35.4. The van der Waals surface area contributed by atoms with Gasteiger partial charge in [0.1, 0.15) is 0 Å². The van der Waals surface area contributed by atoms with Crippen LogP contribution in [0.2, 0.25) is 0 Å². The van der Waals surface area contributed by atoms with Crippen LogP contribution in [-0.2, 0) is 14.4 Å². The van der Waals surface area contributed by atoms with Crippen LogP contribution in [0, 0.1) is 0 Å². The van der Waals surface area contributed by atoms with Crippen molar-refractivity contribution in [2.75, 3.05) is 13.1 Å². The van der Waals surface area contributed by atoms with E-state index in [-0.39, 0.29) is 23.8 Å². The van der Waals surface area contributed by atoms with Crippen molar-refractivity contribution in [2.45, 2.75) is 264 Å². The molecule has 0 rings (SSSR count). The molecule has 0 aliphatic heterocycles. The number of hydrogen-bond donors (Lipinski definition) is 3. The van der Waals surface area contributed by atoms with Crippen LogP contribution in [0.1, 0.15) is 258 Å². The number of carbonyl (C=O) groups excluding carboxylic acids is 3. The average molecular weight is 734 g/mol. The van der Waals surface area contributed by atoms with Gasteiger partial charge in [-0.05, 0) is 51.9 Å². The Bertz CT molecular complexity index is 774. The van der Waals surface area contributed by atoms with E-state index in [0.29, 0.717) is 32.4 Å². The molecule has 0 aromatic heterocycles. The van der Waals surface area contributed by atoms with Gasteiger partial charge in [0.2, 0.25) is 17.7 Å². The van der Waals surface area contributed by atoms with Crippen LogP contribution in [-0.4, -0.2) is 36.9 Å². The maximum Gasteiger partial charge on any atom is 0.220 e. The lowest BCUT2D eigenvalue weighted by Gasteiger charge is -2.14. The molecule has 0 saturated heterocycles. The Balaban J connectivity index is 3.41. The van der Waals surface area contributed by atoms with Gasteiger partial charge in [0.05, 0.1) is 0 Å². The van der Waals surface area contributed by atoms with Gasteiger partial charge in [0, 0.05) is 38.4 Å². The summed E-state index contributed by atoms with van der Waals surface area (Å²) in [6.07, 6.45) is 44.8. The van der Waals surface area contributed by atoms with Gasteiger partial charge in [-0.2, -0.15) is 0 Å². The van der Waals surface area contributed by atoms with E-state index < -0.39 is 0 Å². The molecule has 0 aliphatic carbocycles. The molecule has 0 aromatic rings. The monoisotopic (exact) mass is 734 g/mol. The molecule has 0 aliphatic rings. The number of hydrogen-bond acceptors (Lipinski definition) is 3. The maximum atomic E-state index is 12.3. The third kappa shape index (κ3) is 41.2. The van der Waals surface area contributed by atoms with E-state index in [4.69, 9.17) is 0 Å². The maximum absolute atomic E-state index is 12.3. The molecular weight excluding hydrogens is 643 g/mol. The Labute approximate surface area is 324 Å². The van der Waals surface area contributed by atoms with E-state index in [2.05, 4.69) is 36.7 Å². The fourth-order valence-corrected chi connectivity index (χ4v) is 7.17. The summed E-state index contributed by atoms with van der Waals surface area (Å²) in [7, 11) is 0. The summed E-state index contributed by atoms with van der Waals surface area (Å²) in [5, 5.41) is 9.25. The highest BCUT2D eigenvalue weighted by Crippen LogP contribution is 2.15. The van der Waals surface area contributed by atoms with Gasteiger partial charge in [-0.15, -0.1) is 0 Å². The minimum Gasteiger partial charge on any atom is -0.356 e. The highest BCUT2D eigenvalue weighted by Gasteiger charge is 2.08. The summed E-state index contributed by atoms with van der Waals surface area (Å²) in [5.41, 5.74) is 0. The van der Waals surface area contributed by atoms with E-state index in [9.17, 15) is 14.4 Å². The fraction of sp³-hybridized carbons (Fsp3) is 0.935. The number of unbranched alkanes of at least 4 members (excludes halogenated alkanes) is 29. The molecule has 3 N–H and O–H groups in total. The van der Waals surface area contributed by atoms with Gasteiger partial charge in [-0.1, -0.05) is 187 Å². The van der Waals surface area contributed by atoms with Crippen molar-refractivity contribution < 1.29 is 14.4 Å². The van der Waals surface area contributed by atoms with Crippen LogP contribution in [0.4, 0.5) is 0 Å². The normalized spacial score (nSPS) is 11.8. The van der Waals surface area contributed by atoms with Gasteiger partial charge < -0.3 is 16.0 Å². The molecule has 1 atom stereocenters. The lowest BCUT2D eigenvalue weighted by molar-refractivity contribution is -0.122. The predicted molar refractivity (Wildman–Crippen MR) is 226 cm³/mol. The van der Waals surface area contributed by atoms with Crippen molar-refractivity contribution in [1.29, 1.82) is 0 Å². The minimum absolute atomic E-state index is 0.122. The summed E-state index contributed by atoms with van der Waals surface area (Å²) < 4.78 is 0. The molecule has 308 valence electrons. The molecule has 0 fully saturated rings. The van der Waals surface area contributed by atoms with E-state index in [1.807, 2.05) is 0 Å². The van der Waals surface area contributed by atoms with Crippen molar-refractivity contribution >= 4 is 17.7 Å². The molecule has 0 unspecified atom stereocenters. The fourth-order valence-electron chi connectivity index (χ4n) is 7.17. The van der Waals surface area contributed by atoms with Gasteiger partial charge >= 0.3 is 0 Å². The lowest BCUT2D eigenvalue weighted by Crippen LogP contribution is -2.32. The molecule has 0 saturated carbocycles. The van der Waals surface area contributed by atoms with E-state index in [0.717, 1.165) is 64.2 Å². The van der Waals surface area contributed by atoms with Crippen molar-refractivity contribution in [2.24, 2.45) is 0 Å². The average Bonchev–Trinajstić information content (AvgIpc) is 3.13. The van der Waals surface area contributed by atoms with Crippen molar-refractivity contribution in [3.63, 3.8) is 0 Å². The largest absolute Gasteiger partial charge is 0.356 e. The Morgan fingerprint density at radius 2 is 0.615 bits per heavy atom. The molecule has 52 heavy (non-hydrogen) atoms. The second kappa shape index (κ2) is 42.2. The second-order valence-corrected chi connectivity index (χ2v) is 16.2. The molecule has 3 amide bonds. The zero-order valence-corrected chi connectivity index (χ0v) is 35.4. The highest BCUT2D eigenvalue weighted by atomic mass is 16.2. The van der Waals surface area contributed by atoms with E-state index in [1.54, 1.807) is 0 Å². The van der Waals surface area contributed by atoms with Crippen molar-refractivity contribution in [3.8, 4) is 0 Å². The highest BCUT2D eigenvalue weighted by molar-refractivity contribution is 5.76. The molecule has 0 aromatic carbocycles. The first kappa shape index (κ1) is 50.4. The first-order valence-corrected chi connectivity index (χ1v) is 23.3. The molecular formula is C46H91N3O3. The SMILES string of the molecule is CCCCCCCCCCCCCCCCCC(=O)NCCCCCC(=O)NCCCC[C@@H](C)NC(=O)CCCCCCCCCCCCCCC. The quantitative estimate of drug-likeness (QED) is 0.0546. The summed E-state index contributed by atoms with van der Waals surface area (Å²) in [4.78, 5) is 36.6. The third-order valence-corrected chi connectivity index (χ3v) is 10.7.